The van der Waals surface area contributed by atoms with E-state index >= 15 is 0 Å². The van der Waals surface area contributed by atoms with E-state index in [4.69, 9.17) is 24.1 Å². The molecule has 3 aliphatic rings. The second kappa shape index (κ2) is 9.95. The molecule has 10 nitrogen and oxygen atoms in total. The van der Waals surface area contributed by atoms with E-state index in [1.165, 1.54) is 38.5 Å². The van der Waals surface area contributed by atoms with Gasteiger partial charge in [-0.05, 0) is 43.4 Å². The Bertz CT molecular complexity index is 1250. The number of nitrogens with one attached hydrogen (secondary N) is 1. The molecule has 4 heterocycles. The molecule has 2 atom stereocenters. The van der Waals surface area contributed by atoms with Crippen LogP contribution in [0, 0.1) is 17.8 Å². The highest BCUT2D eigenvalue weighted by molar-refractivity contribution is 5.80. The lowest BCUT2D eigenvalue weighted by molar-refractivity contribution is 0.121. The number of imidazole rings is 1. The Morgan fingerprint density at radius 1 is 0.972 bits per heavy atom. The Balaban J connectivity index is 1.50. The Labute approximate surface area is 210 Å². The van der Waals surface area contributed by atoms with E-state index < -0.39 is 5.76 Å². The molecule has 2 unspecified atom stereocenters. The van der Waals surface area contributed by atoms with Crippen molar-refractivity contribution in [3.8, 4) is 11.7 Å². The molecule has 1 saturated heterocycles. The fourth-order valence-corrected chi connectivity index (χ4v) is 6.39. The van der Waals surface area contributed by atoms with Crippen LogP contribution in [0.2, 0.25) is 0 Å². The molecule has 6 rings (SSSR count). The summed E-state index contributed by atoms with van der Waals surface area (Å²) < 4.78 is 13.3. The van der Waals surface area contributed by atoms with Crippen LogP contribution in [-0.2, 0) is 11.3 Å². The standard InChI is InChI=1S/C26H37N7O3/c1-16-6-8-18(9-7-16)15-33-21-20(19-5-3-4-17(2)14-19)27-23(24-30-31-26(34)36-24)28-22(21)29-25(33)32-10-12-35-13-11-32/h16-19H,3-15H2,1-2H3,(H,31,34)/t16-,17?,18-,19?. The number of morpholine rings is 1. The number of ether oxygens (including phenoxy) is 1. The van der Waals surface area contributed by atoms with E-state index in [0.717, 1.165) is 55.6 Å². The lowest BCUT2D eigenvalue weighted by atomic mass is 9.80. The molecule has 1 aliphatic heterocycles. The van der Waals surface area contributed by atoms with Crippen molar-refractivity contribution in [3.05, 3.63) is 16.2 Å². The first-order chi connectivity index (χ1) is 17.5. The van der Waals surface area contributed by atoms with E-state index in [0.29, 0.717) is 42.4 Å². The molecule has 3 aromatic rings. The summed E-state index contributed by atoms with van der Waals surface area (Å²) >= 11 is 0. The van der Waals surface area contributed by atoms with E-state index in [1.807, 2.05) is 0 Å². The summed E-state index contributed by atoms with van der Waals surface area (Å²) in [6.07, 6.45) is 9.70. The van der Waals surface area contributed by atoms with E-state index in [-0.39, 0.29) is 5.89 Å². The maximum Gasteiger partial charge on any atom is 0.434 e. The van der Waals surface area contributed by atoms with Crippen LogP contribution in [0.1, 0.15) is 76.8 Å². The molecule has 0 radical (unpaired) electrons. The summed E-state index contributed by atoms with van der Waals surface area (Å²) in [4.78, 5) is 29.0. The number of nitrogens with zero attached hydrogens (tertiary/aromatic N) is 6. The summed E-state index contributed by atoms with van der Waals surface area (Å²) in [5.74, 6) is 3.22. The van der Waals surface area contributed by atoms with E-state index in [9.17, 15) is 4.79 Å². The van der Waals surface area contributed by atoms with Crippen molar-refractivity contribution in [1.29, 1.82) is 0 Å². The second-order valence-corrected chi connectivity index (χ2v) is 11.2. The van der Waals surface area contributed by atoms with Gasteiger partial charge >= 0.3 is 5.76 Å². The third-order valence-corrected chi connectivity index (χ3v) is 8.43. The van der Waals surface area contributed by atoms with Gasteiger partial charge in [0.15, 0.2) is 5.65 Å². The topological polar surface area (TPSA) is 115 Å². The third kappa shape index (κ3) is 4.67. The van der Waals surface area contributed by atoms with Crippen molar-refractivity contribution < 1.29 is 9.15 Å². The molecule has 2 saturated carbocycles. The predicted octanol–water partition coefficient (Wildman–Crippen LogP) is 4.13. The minimum atomic E-state index is -0.604. The third-order valence-electron chi connectivity index (χ3n) is 8.43. The van der Waals surface area contributed by atoms with Gasteiger partial charge in [-0.15, -0.1) is 5.10 Å². The van der Waals surface area contributed by atoms with Crippen molar-refractivity contribution >= 4 is 17.1 Å². The van der Waals surface area contributed by atoms with Gasteiger partial charge in [-0.1, -0.05) is 39.5 Å². The zero-order valence-corrected chi connectivity index (χ0v) is 21.4. The number of hydrogen-bond acceptors (Lipinski definition) is 8. The van der Waals surface area contributed by atoms with E-state index in [1.54, 1.807) is 0 Å². The van der Waals surface area contributed by atoms with Crippen LogP contribution in [0.3, 0.4) is 0 Å². The molecule has 10 heteroatoms. The van der Waals surface area contributed by atoms with Crippen molar-refractivity contribution in [2.45, 2.75) is 77.7 Å². The number of H-pyrrole nitrogens is 1. The van der Waals surface area contributed by atoms with Crippen LogP contribution in [0.25, 0.3) is 22.9 Å². The highest BCUT2D eigenvalue weighted by Crippen LogP contribution is 2.40. The molecule has 0 bridgehead atoms. The molecular formula is C26H37N7O3. The summed E-state index contributed by atoms with van der Waals surface area (Å²) in [5.41, 5.74) is 2.75. The van der Waals surface area contributed by atoms with Crippen LogP contribution >= 0.6 is 0 Å². The molecule has 2 aliphatic carbocycles. The number of aromatic amines is 1. The number of fused-ring (bicyclic) bond motifs is 1. The van der Waals surface area contributed by atoms with Crippen LogP contribution < -0.4 is 10.7 Å². The minimum absolute atomic E-state index is 0.121. The fourth-order valence-electron chi connectivity index (χ4n) is 6.39. The van der Waals surface area contributed by atoms with E-state index in [2.05, 4.69) is 33.5 Å². The summed E-state index contributed by atoms with van der Waals surface area (Å²) in [5, 5.41) is 6.37. The minimum Gasteiger partial charge on any atom is -0.384 e. The van der Waals surface area contributed by atoms with Crippen LogP contribution in [0.4, 0.5) is 5.95 Å². The smallest absolute Gasteiger partial charge is 0.384 e. The highest BCUT2D eigenvalue weighted by atomic mass is 16.5. The molecule has 36 heavy (non-hydrogen) atoms. The van der Waals surface area contributed by atoms with Crippen molar-refractivity contribution in [2.24, 2.45) is 17.8 Å². The van der Waals surface area contributed by atoms with Gasteiger partial charge < -0.3 is 18.6 Å². The number of hydrogen-bond donors (Lipinski definition) is 1. The maximum absolute atomic E-state index is 11.7. The van der Waals surface area contributed by atoms with Crippen LogP contribution in [-0.4, -0.2) is 56.0 Å². The number of anilines is 1. The molecule has 1 N–H and O–H groups in total. The van der Waals surface area contributed by atoms with Crippen LogP contribution in [0.15, 0.2) is 9.21 Å². The molecule has 3 fully saturated rings. The van der Waals surface area contributed by atoms with Gasteiger partial charge in [0.1, 0.15) is 5.52 Å². The Kier molecular flexibility index (Phi) is 6.54. The molecule has 3 aromatic heterocycles. The molecule has 194 valence electrons. The maximum atomic E-state index is 11.7. The fraction of sp³-hybridized carbons (Fsp3) is 0.731. The normalized spacial score (nSPS) is 27.6. The molecule has 0 amide bonds. The van der Waals surface area contributed by atoms with Gasteiger partial charge in [-0.3, -0.25) is 0 Å². The molecular weight excluding hydrogens is 458 g/mol. The first-order valence-electron chi connectivity index (χ1n) is 13.7. The highest BCUT2D eigenvalue weighted by Gasteiger charge is 2.31. The Hall–Kier alpha value is -2.75. The zero-order valence-electron chi connectivity index (χ0n) is 21.4. The second-order valence-electron chi connectivity index (χ2n) is 11.2. The SMILES string of the molecule is CC1CCCC(c2nc(-c3n[nH]c(=O)o3)nc3nc(N4CCOCC4)n(C[C@H]4CC[C@H](C)CC4)c23)C1. The first kappa shape index (κ1) is 23.6. The zero-order chi connectivity index (χ0) is 24.6. The average molecular weight is 496 g/mol. The quantitative estimate of drug-likeness (QED) is 0.562. The summed E-state index contributed by atoms with van der Waals surface area (Å²) in [6.45, 7) is 8.67. The van der Waals surface area contributed by atoms with Gasteiger partial charge in [0.2, 0.25) is 11.8 Å². The lowest BCUT2D eigenvalue weighted by Crippen LogP contribution is -2.38. The average Bonchev–Trinajstić information content (AvgIpc) is 3.49. The van der Waals surface area contributed by atoms with Gasteiger partial charge in [-0.25, -0.2) is 19.9 Å². The van der Waals surface area contributed by atoms with Gasteiger partial charge in [-0.2, -0.15) is 4.98 Å². The predicted molar refractivity (Wildman–Crippen MR) is 136 cm³/mol. The molecule has 0 aromatic carbocycles. The van der Waals surface area contributed by atoms with Gasteiger partial charge in [0.25, 0.3) is 5.89 Å². The van der Waals surface area contributed by atoms with Gasteiger partial charge in [0.05, 0.1) is 18.9 Å². The lowest BCUT2D eigenvalue weighted by Gasteiger charge is -2.32. The van der Waals surface area contributed by atoms with Gasteiger partial charge in [0, 0.05) is 25.6 Å². The molecule has 0 spiro atoms. The monoisotopic (exact) mass is 495 g/mol. The van der Waals surface area contributed by atoms with Crippen molar-refractivity contribution in [1.82, 2.24) is 29.7 Å². The number of aromatic nitrogens is 6. The van der Waals surface area contributed by atoms with Crippen LogP contribution in [0.5, 0.6) is 0 Å². The Morgan fingerprint density at radius 3 is 2.50 bits per heavy atom. The first-order valence-corrected chi connectivity index (χ1v) is 13.7. The van der Waals surface area contributed by atoms with Crippen molar-refractivity contribution in [3.63, 3.8) is 0 Å². The largest absolute Gasteiger partial charge is 0.434 e. The summed E-state index contributed by atoms with van der Waals surface area (Å²) in [7, 11) is 0. The van der Waals surface area contributed by atoms with Crippen molar-refractivity contribution in [2.75, 3.05) is 31.2 Å². The number of rotatable bonds is 5. The summed E-state index contributed by atoms with van der Waals surface area (Å²) in [6, 6.07) is 0. The Morgan fingerprint density at radius 2 is 1.78 bits per heavy atom.